The molecule has 4 heteroatoms. The van der Waals surface area contributed by atoms with Crippen LogP contribution in [0.25, 0.3) is 44.5 Å². The number of halogens is 1. The summed E-state index contributed by atoms with van der Waals surface area (Å²) in [6, 6.07) is 43.8. The van der Waals surface area contributed by atoms with Crippen LogP contribution in [0, 0.1) is 0 Å². The molecule has 0 radical (unpaired) electrons. The lowest BCUT2D eigenvalue weighted by atomic mass is 9.66. The maximum absolute atomic E-state index is 14.0. The standard InChI is InChI=1S/C37H21BrO2S/c38-22-17-18-33-28(19-22)24-10-2-1-9-23(24)25-11-3-6-14-31(25)37(33)32-15-7-4-12-26(32)29-20-30-27-13-5-8-16-35(27)41(39,40)36(30)21-34(29)37/h1-21H. The van der Waals surface area contributed by atoms with Crippen molar-refractivity contribution in [3.05, 3.63) is 154 Å². The Hall–Kier alpha value is -4.25. The number of hydrogen-bond acceptors (Lipinski definition) is 2. The average molecular weight is 610 g/mol. The second kappa shape index (κ2) is 7.94. The molecule has 1 atom stereocenters. The molecule has 1 unspecified atom stereocenters. The minimum atomic E-state index is -3.66. The summed E-state index contributed by atoms with van der Waals surface area (Å²) in [5.74, 6) is 0. The first-order chi connectivity index (χ1) is 20.0. The summed E-state index contributed by atoms with van der Waals surface area (Å²) in [5, 5.41) is 0. The zero-order valence-electron chi connectivity index (χ0n) is 21.7. The van der Waals surface area contributed by atoms with Gasteiger partial charge in [0.15, 0.2) is 0 Å². The SMILES string of the molecule is O=S1(=O)c2ccccc2-c2cc3c(cc21)C1(c2ccccc2-c2ccccc2-c2cc(Br)ccc21)c1ccccc1-3. The Labute approximate surface area is 247 Å². The molecule has 0 N–H and O–H groups in total. The van der Waals surface area contributed by atoms with Crippen LogP contribution in [-0.2, 0) is 15.3 Å². The Bertz CT molecular complexity index is 2250. The van der Waals surface area contributed by atoms with Crippen LogP contribution in [0.15, 0.2) is 142 Å². The van der Waals surface area contributed by atoms with Gasteiger partial charge in [-0.2, -0.15) is 0 Å². The zero-order chi connectivity index (χ0) is 27.5. The first-order valence-electron chi connectivity index (χ1n) is 13.6. The lowest BCUT2D eigenvalue weighted by molar-refractivity contribution is 0.598. The smallest absolute Gasteiger partial charge is 0.207 e. The molecule has 9 rings (SSSR count). The van der Waals surface area contributed by atoms with E-state index in [1.165, 1.54) is 16.7 Å². The molecule has 6 aromatic carbocycles. The Morgan fingerprint density at radius 2 is 0.927 bits per heavy atom. The number of rotatable bonds is 0. The maximum atomic E-state index is 14.0. The molecule has 0 fully saturated rings. The van der Waals surface area contributed by atoms with Gasteiger partial charge in [-0.15, -0.1) is 0 Å². The normalized spacial score (nSPS) is 17.9. The van der Waals surface area contributed by atoms with Gasteiger partial charge in [0.2, 0.25) is 9.84 Å². The molecule has 194 valence electrons. The fourth-order valence-corrected chi connectivity index (χ4v) is 9.62. The molecule has 1 aliphatic heterocycles. The molecule has 0 saturated carbocycles. The van der Waals surface area contributed by atoms with Crippen molar-refractivity contribution in [2.24, 2.45) is 0 Å². The van der Waals surface area contributed by atoms with Gasteiger partial charge in [-0.1, -0.05) is 113 Å². The molecule has 3 aliphatic rings. The molecule has 1 spiro atoms. The van der Waals surface area contributed by atoms with Crippen molar-refractivity contribution in [3.8, 4) is 44.5 Å². The summed E-state index contributed by atoms with van der Waals surface area (Å²) in [6.45, 7) is 0. The third-order valence-corrected chi connectivity index (χ3v) is 11.5. The maximum Gasteiger partial charge on any atom is 0.207 e. The first kappa shape index (κ1) is 23.5. The zero-order valence-corrected chi connectivity index (χ0v) is 24.1. The van der Waals surface area contributed by atoms with Crippen molar-refractivity contribution in [1.82, 2.24) is 0 Å². The lowest BCUT2D eigenvalue weighted by Crippen LogP contribution is -2.29. The summed E-state index contributed by atoms with van der Waals surface area (Å²) < 4.78 is 29.0. The van der Waals surface area contributed by atoms with Gasteiger partial charge in [-0.25, -0.2) is 8.42 Å². The van der Waals surface area contributed by atoms with Crippen LogP contribution >= 0.6 is 15.9 Å². The van der Waals surface area contributed by atoms with Gasteiger partial charge in [-0.3, -0.25) is 0 Å². The predicted octanol–water partition coefficient (Wildman–Crippen LogP) is 9.27. The van der Waals surface area contributed by atoms with Crippen LogP contribution in [0.2, 0.25) is 0 Å². The molecule has 0 aromatic heterocycles. The molecule has 0 amide bonds. The highest BCUT2D eigenvalue weighted by Crippen LogP contribution is 2.63. The van der Waals surface area contributed by atoms with Gasteiger partial charge in [0, 0.05) is 15.6 Å². The van der Waals surface area contributed by atoms with E-state index in [0.717, 1.165) is 54.5 Å². The molecule has 1 heterocycles. The summed E-state index contributed by atoms with van der Waals surface area (Å²) in [5.41, 5.74) is 12.2. The van der Waals surface area contributed by atoms with Crippen molar-refractivity contribution in [1.29, 1.82) is 0 Å². The van der Waals surface area contributed by atoms with Gasteiger partial charge >= 0.3 is 0 Å². The molecule has 0 saturated heterocycles. The molecule has 0 bridgehead atoms. The topological polar surface area (TPSA) is 34.1 Å². The second-order valence-electron chi connectivity index (χ2n) is 11.0. The fraction of sp³-hybridized carbons (Fsp3) is 0.0270. The number of fused-ring (bicyclic) bond motifs is 15. The van der Waals surface area contributed by atoms with Gasteiger partial charge in [0.25, 0.3) is 0 Å². The van der Waals surface area contributed by atoms with Crippen molar-refractivity contribution in [2.75, 3.05) is 0 Å². The quantitative estimate of drug-likeness (QED) is 0.172. The third-order valence-electron chi connectivity index (χ3n) is 9.13. The Kier molecular flexibility index (Phi) is 4.54. The fourth-order valence-electron chi connectivity index (χ4n) is 7.57. The molecule has 2 aliphatic carbocycles. The van der Waals surface area contributed by atoms with Crippen molar-refractivity contribution in [2.45, 2.75) is 15.2 Å². The summed E-state index contributed by atoms with van der Waals surface area (Å²) in [4.78, 5) is 0.779. The van der Waals surface area contributed by atoms with E-state index in [-0.39, 0.29) is 0 Å². The Balaban J connectivity index is 1.52. The van der Waals surface area contributed by atoms with E-state index < -0.39 is 15.3 Å². The van der Waals surface area contributed by atoms with Crippen LogP contribution < -0.4 is 0 Å². The van der Waals surface area contributed by atoms with E-state index in [0.29, 0.717) is 9.79 Å². The van der Waals surface area contributed by atoms with Crippen LogP contribution in [0.5, 0.6) is 0 Å². The van der Waals surface area contributed by atoms with E-state index in [2.05, 4.69) is 113 Å². The van der Waals surface area contributed by atoms with E-state index in [4.69, 9.17) is 0 Å². The minimum absolute atomic E-state index is 0.388. The lowest BCUT2D eigenvalue weighted by Gasteiger charge is -2.35. The highest BCUT2D eigenvalue weighted by Gasteiger charge is 2.51. The van der Waals surface area contributed by atoms with E-state index in [1.807, 2.05) is 18.2 Å². The Morgan fingerprint density at radius 1 is 0.415 bits per heavy atom. The molecular weight excluding hydrogens is 588 g/mol. The highest BCUT2D eigenvalue weighted by atomic mass is 79.9. The summed E-state index contributed by atoms with van der Waals surface area (Å²) in [6.07, 6.45) is 0. The Morgan fingerprint density at radius 3 is 1.63 bits per heavy atom. The second-order valence-corrected chi connectivity index (χ2v) is 13.8. The van der Waals surface area contributed by atoms with E-state index in [9.17, 15) is 8.42 Å². The van der Waals surface area contributed by atoms with Gasteiger partial charge in [-0.05, 0) is 86.0 Å². The third kappa shape index (κ3) is 2.79. The molecule has 41 heavy (non-hydrogen) atoms. The van der Waals surface area contributed by atoms with Crippen LogP contribution in [0.1, 0.15) is 22.3 Å². The van der Waals surface area contributed by atoms with Gasteiger partial charge in [0.05, 0.1) is 15.2 Å². The first-order valence-corrected chi connectivity index (χ1v) is 15.9. The van der Waals surface area contributed by atoms with Crippen LogP contribution in [0.3, 0.4) is 0 Å². The highest BCUT2D eigenvalue weighted by molar-refractivity contribution is 9.10. The molecule has 2 nitrogen and oxygen atoms in total. The van der Waals surface area contributed by atoms with Crippen molar-refractivity contribution in [3.63, 3.8) is 0 Å². The number of hydrogen-bond donors (Lipinski definition) is 0. The molecular formula is C37H21BrO2S. The number of sulfone groups is 1. The van der Waals surface area contributed by atoms with Crippen LogP contribution in [0.4, 0.5) is 0 Å². The predicted molar refractivity (Wildman–Crippen MR) is 167 cm³/mol. The summed E-state index contributed by atoms with van der Waals surface area (Å²) >= 11 is 3.76. The van der Waals surface area contributed by atoms with E-state index in [1.54, 1.807) is 12.1 Å². The van der Waals surface area contributed by atoms with Crippen molar-refractivity contribution < 1.29 is 8.42 Å². The largest absolute Gasteiger partial charge is 0.218 e. The van der Waals surface area contributed by atoms with Crippen molar-refractivity contribution >= 4 is 25.8 Å². The summed E-state index contributed by atoms with van der Waals surface area (Å²) in [7, 11) is -3.66. The minimum Gasteiger partial charge on any atom is -0.218 e. The van der Waals surface area contributed by atoms with Gasteiger partial charge < -0.3 is 0 Å². The van der Waals surface area contributed by atoms with Crippen LogP contribution in [-0.4, -0.2) is 8.42 Å². The monoisotopic (exact) mass is 608 g/mol. The molecule has 6 aromatic rings. The number of benzene rings is 6. The van der Waals surface area contributed by atoms with Gasteiger partial charge in [0.1, 0.15) is 0 Å². The average Bonchev–Trinajstić information content (AvgIpc) is 3.38. The van der Waals surface area contributed by atoms with E-state index >= 15 is 0 Å².